The summed E-state index contributed by atoms with van der Waals surface area (Å²) < 4.78 is 0. The Balaban J connectivity index is 1.54. The van der Waals surface area contributed by atoms with E-state index in [-0.39, 0.29) is 24.3 Å². The number of carbonyl (C=O) groups excluding carboxylic acids is 3. The summed E-state index contributed by atoms with van der Waals surface area (Å²) in [4.78, 5) is 43.7. The Morgan fingerprint density at radius 2 is 1.72 bits per heavy atom. The molecule has 1 atom stereocenters. The molecule has 0 saturated carbocycles. The van der Waals surface area contributed by atoms with E-state index in [2.05, 4.69) is 5.32 Å². The van der Waals surface area contributed by atoms with Crippen LogP contribution < -0.4 is 10.2 Å². The highest BCUT2D eigenvalue weighted by Gasteiger charge is 2.40. The van der Waals surface area contributed by atoms with E-state index >= 15 is 0 Å². The van der Waals surface area contributed by atoms with E-state index in [0.29, 0.717) is 24.5 Å². The molecule has 0 radical (unpaired) electrons. The van der Waals surface area contributed by atoms with Crippen molar-refractivity contribution in [2.24, 2.45) is 0 Å². The van der Waals surface area contributed by atoms with Crippen LogP contribution in [-0.4, -0.2) is 47.5 Å². The molecular formula is C25H29N3O3S. The molecule has 1 saturated heterocycles. The zero-order valence-electron chi connectivity index (χ0n) is 18.6. The fourth-order valence-corrected chi connectivity index (χ4v) is 5.34. The monoisotopic (exact) mass is 451 g/mol. The maximum atomic E-state index is 13.4. The molecule has 1 fully saturated rings. The molecule has 1 N–H and O–H groups in total. The Kier molecular flexibility index (Phi) is 6.84. The largest absolute Gasteiger partial charge is 0.341 e. The molecule has 2 aliphatic rings. The second-order valence-corrected chi connectivity index (χ2v) is 9.62. The van der Waals surface area contributed by atoms with Crippen molar-refractivity contribution in [1.82, 2.24) is 4.90 Å². The van der Waals surface area contributed by atoms with Gasteiger partial charge in [-0.1, -0.05) is 31.0 Å². The molecule has 6 nitrogen and oxygen atoms in total. The van der Waals surface area contributed by atoms with Crippen LogP contribution in [0, 0.1) is 13.8 Å². The summed E-state index contributed by atoms with van der Waals surface area (Å²) in [6.07, 6.45) is 4.16. The molecule has 0 aliphatic carbocycles. The first kappa shape index (κ1) is 22.4. The first-order valence-electron chi connectivity index (χ1n) is 11.2. The number of likely N-dealkylation sites (tertiary alicyclic amines) is 1. The third-order valence-corrected chi connectivity index (χ3v) is 7.36. The number of hydrogen-bond donors (Lipinski definition) is 1. The summed E-state index contributed by atoms with van der Waals surface area (Å²) in [7, 11) is 0. The zero-order valence-corrected chi connectivity index (χ0v) is 19.4. The molecule has 0 spiro atoms. The number of amides is 3. The van der Waals surface area contributed by atoms with Crippen molar-refractivity contribution < 1.29 is 14.4 Å². The number of carbonyl (C=O) groups is 3. The van der Waals surface area contributed by atoms with Gasteiger partial charge in [0.2, 0.25) is 11.8 Å². The van der Waals surface area contributed by atoms with Crippen molar-refractivity contribution in [2.45, 2.75) is 49.7 Å². The number of anilines is 2. The lowest BCUT2D eigenvalue weighted by atomic mass is 10.1. The first-order valence-corrected chi connectivity index (χ1v) is 12.0. The van der Waals surface area contributed by atoms with E-state index in [4.69, 9.17) is 0 Å². The molecule has 32 heavy (non-hydrogen) atoms. The van der Waals surface area contributed by atoms with E-state index in [1.165, 1.54) is 16.7 Å². The lowest BCUT2D eigenvalue weighted by molar-refractivity contribution is -0.135. The molecule has 3 amide bonds. The van der Waals surface area contributed by atoms with Crippen LogP contribution in [0.2, 0.25) is 0 Å². The summed E-state index contributed by atoms with van der Waals surface area (Å²) in [5, 5.41) is 2.04. The van der Waals surface area contributed by atoms with Gasteiger partial charge in [0.25, 0.3) is 5.91 Å². The number of para-hydroxylation sites is 1. The SMILES string of the molecule is Cc1ccc(NC(=O)CN2C(=O)[C@H](C(=O)N3CCCCCC3)Sc3ccccc32)cc1C. The van der Waals surface area contributed by atoms with Gasteiger partial charge in [-0.05, 0) is 62.1 Å². The van der Waals surface area contributed by atoms with Gasteiger partial charge in [-0.25, -0.2) is 0 Å². The minimum absolute atomic E-state index is 0.132. The van der Waals surface area contributed by atoms with Crippen molar-refractivity contribution in [2.75, 3.05) is 29.9 Å². The van der Waals surface area contributed by atoms with Crippen LogP contribution in [0.3, 0.4) is 0 Å². The van der Waals surface area contributed by atoms with Gasteiger partial charge in [-0.15, -0.1) is 11.8 Å². The van der Waals surface area contributed by atoms with Crippen LogP contribution in [0.4, 0.5) is 11.4 Å². The quantitative estimate of drug-likeness (QED) is 0.709. The maximum absolute atomic E-state index is 13.4. The topological polar surface area (TPSA) is 69.7 Å². The average molecular weight is 452 g/mol. The second kappa shape index (κ2) is 9.77. The van der Waals surface area contributed by atoms with Crippen molar-refractivity contribution in [3.63, 3.8) is 0 Å². The molecule has 0 bridgehead atoms. The summed E-state index contributed by atoms with van der Waals surface area (Å²) in [6, 6.07) is 13.2. The van der Waals surface area contributed by atoms with Gasteiger partial charge in [0.15, 0.2) is 5.25 Å². The predicted molar refractivity (Wildman–Crippen MR) is 128 cm³/mol. The highest BCUT2D eigenvalue weighted by atomic mass is 32.2. The number of fused-ring (bicyclic) bond motifs is 1. The van der Waals surface area contributed by atoms with E-state index in [1.807, 2.05) is 61.2 Å². The van der Waals surface area contributed by atoms with Crippen LogP contribution in [0.25, 0.3) is 0 Å². The van der Waals surface area contributed by atoms with E-state index in [1.54, 1.807) is 0 Å². The smallest absolute Gasteiger partial charge is 0.250 e. The normalized spacial score (nSPS) is 18.7. The molecule has 7 heteroatoms. The molecule has 2 aromatic carbocycles. The fourth-order valence-electron chi connectivity index (χ4n) is 4.16. The lowest BCUT2D eigenvalue weighted by Gasteiger charge is -2.34. The van der Waals surface area contributed by atoms with Crippen LogP contribution >= 0.6 is 11.8 Å². The van der Waals surface area contributed by atoms with Crippen molar-refractivity contribution in [1.29, 1.82) is 0 Å². The van der Waals surface area contributed by atoms with Gasteiger partial charge in [-0.2, -0.15) is 0 Å². The standard InChI is InChI=1S/C25H29N3O3S/c1-17-11-12-19(15-18(17)2)26-22(29)16-28-20-9-5-6-10-21(20)32-23(25(28)31)24(30)27-13-7-3-4-8-14-27/h5-6,9-12,15,23H,3-4,7-8,13-14,16H2,1-2H3,(H,26,29)/t23-/m0/s1. The molecule has 2 heterocycles. The van der Waals surface area contributed by atoms with E-state index in [0.717, 1.165) is 41.7 Å². The number of nitrogens with one attached hydrogen (secondary N) is 1. The van der Waals surface area contributed by atoms with Gasteiger partial charge in [0, 0.05) is 23.7 Å². The fraction of sp³-hybridized carbons (Fsp3) is 0.400. The Morgan fingerprint density at radius 1 is 1.00 bits per heavy atom. The Bertz CT molecular complexity index is 1030. The maximum Gasteiger partial charge on any atom is 0.250 e. The summed E-state index contributed by atoms with van der Waals surface area (Å²) >= 11 is 1.30. The summed E-state index contributed by atoms with van der Waals surface area (Å²) in [6.45, 7) is 5.26. The Labute approximate surface area is 193 Å². The molecule has 168 valence electrons. The highest BCUT2D eigenvalue weighted by molar-refractivity contribution is 8.01. The number of hydrogen-bond acceptors (Lipinski definition) is 4. The second-order valence-electron chi connectivity index (χ2n) is 8.48. The van der Waals surface area contributed by atoms with Gasteiger partial charge < -0.3 is 15.1 Å². The Hall–Kier alpha value is -2.80. The van der Waals surface area contributed by atoms with Crippen LogP contribution in [0.5, 0.6) is 0 Å². The molecule has 2 aromatic rings. The van der Waals surface area contributed by atoms with Gasteiger partial charge in [0.05, 0.1) is 5.69 Å². The molecule has 4 rings (SSSR count). The minimum Gasteiger partial charge on any atom is -0.341 e. The number of rotatable bonds is 4. The van der Waals surface area contributed by atoms with Gasteiger partial charge in [0.1, 0.15) is 6.54 Å². The lowest BCUT2D eigenvalue weighted by Crippen LogP contribution is -2.51. The third kappa shape index (κ3) is 4.83. The zero-order chi connectivity index (χ0) is 22.7. The van der Waals surface area contributed by atoms with E-state index < -0.39 is 5.25 Å². The third-order valence-electron chi connectivity index (χ3n) is 6.13. The van der Waals surface area contributed by atoms with Crippen LogP contribution in [-0.2, 0) is 14.4 Å². The van der Waals surface area contributed by atoms with Crippen LogP contribution in [0.15, 0.2) is 47.4 Å². The highest BCUT2D eigenvalue weighted by Crippen LogP contribution is 2.39. The average Bonchev–Trinajstić information content (AvgIpc) is 3.07. The van der Waals surface area contributed by atoms with Crippen molar-refractivity contribution in [3.8, 4) is 0 Å². The van der Waals surface area contributed by atoms with Gasteiger partial charge in [-0.3, -0.25) is 14.4 Å². The summed E-state index contributed by atoms with van der Waals surface area (Å²) in [5.74, 6) is -0.751. The number of nitrogens with zero attached hydrogens (tertiary/aromatic N) is 2. The van der Waals surface area contributed by atoms with Crippen LogP contribution in [0.1, 0.15) is 36.8 Å². The van der Waals surface area contributed by atoms with E-state index in [9.17, 15) is 14.4 Å². The molecule has 2 aliphatic heterocycles. The minimum atomic E-state index is -0.850. The van der Waals surface area contributed by atoms with Crippen molar-refractivity contribution >= 4 is 40.9 Å². The van der Waals surface area contributed by atoms with Gasteiger partial charge >= 0.3 is 0 Å². The molecular weight excluding hydrogens is 422 g/mol. The predicted octanol–water partition coefficient (Wildman–Crippen LogP) is 4.15. The number of thioether (sulfide) groups is 1. The number of aryl methyl sites for hydroxylation is 2. The Morgan fingerprint density at radius 3 is 2.44 bits per heavy atom. The number of benzene rings is 2. The summed E-state index contributed by atoms with van der Waals surface area (Å²) in [5.41, 5.74) is 3.61. The first-order chi connectivity index (χ1) is 15.4. The molecule has 0 unspecified atom stereocenters. The molecule has 0 aromatic heterocycles. The van der Waals surface area contributed by atoms with Crippen molar-refractivity contribution in [3.05, 3.63) is 53.6 Å².